The van der Waals surface area contributed by atoms with Gasteiger partial charge in [0.2, 0.25) is 0 Å². The Morgan fingerprint density at radius 2 is 1.90 bits per heavy atom. The summed E-state index contributed by atoms with van der Waals surface area (Å²) in [5.41, 5.74) is -0.666. The highest BCUT2D eigenvalue weighted by Crippen LogP contribution is 2.56. The minimum atomic E-state index is -0.597. The third-order valence-corrected chi connectivity index (χ3v) is 5.77. The monoisotopic (exact) mass is 280 g/mol. The fraction of sp³-hybridized carbons (Fsp3) is 0.938. The van der Waals surface area contributed by atoms with E-state index < -0.39 is 5.60 Å². The lowest BCUT2D eigenvalue weighted by Gasteiger charge is -2.36. The highest BCUT2D eigenvalue weighted by molar-refractivity contribution is 5.84. The van der Waals surface area contributed by atoms with Crippen molar-refractivity contribution in [1.82, 2.24) is 0 Å². The van der Waals surface area contributed by atoms with Crippen LogP contribution in [-0.4, -0.2) is 35.5 Å². The number of ether oxygens (including phenoxy) is 3. The van der Waals surface area contributed by atoms with E-state index in [9.17, 15) is 4.79 Å². The lowest BCUT2D eigenvalue weighted by Crippen LogP contribution is -2.45. The summed E-state index contributed by atoms with van der Waals surface area (Å²) in [5, 5.41) is 0. The first kappa shape index (κ1) is 13.1. The maximum Gasteiger partial charge on any atom is 0.341 e. The lowest BCUT2D eigenvalue weighted by atomic mass is 9.72. The van der Waals surface area contributed by atoms with Gasteiger partial charge in [-0.3, -0.25) is 0 Å². The zero-order chi connectivity index (χ0) is 14.2. The van der Waals surface area contributed by atoms with Gasteiger partial charge < -0.3 is 14.2 Å². The largest absolute Gasteiger partial charge is 0.457 e. The average molecular weight is 280 g/mol. The van der Waals surface area contributed by atoms with E-state index in [0.29, 0.717) is 0 Å². The first-order valence-corrected chi connectivity index (χ1v) is 7.93. The van der Waals surface area contributed by atoms with Crippen molar-refractivity contribution >= 4 is 5.97 Å². The van der Waals surface area contributed by atoms with E-state index in [1.165, 1.54) is 6.42 Å². The first-order chi connectivity index (χ1) is 9.36. The molecule has 0 aromatic heterocycles. The van der Waals surface area contributed by atoms with Gasteiger partial charge in [0.25, 0.3) is 0 Å². The van der Waals surface area contributed by atoms with Crippen LogP contribution in [0.1, 0.15) is 59.3 Å². The number of esters is 1. The van der Waals surface area contributed by atoms with Gasteiger partial charge in [0.05, 0.1) is 12.2 Å². The second-order valence-corrected chi connectivity index (χ2v) is 8.00. The number of fused-ring (bicyclic) bond motifs is 2. The van der Waals surface area contributed by atoms with Crippen molar-refractivity contribution in [3.8, 4) is 0 Å². The van der Waals surface area contributed by atoms with E-state index in [1.807, 2.05) is 0 Å². The molecular weight excluding hydrogens is 256 g/mol. The fourth-order valence-electron chi connectivity index (χ4n) is 4.21. The fourth-order valence-corrected chi connectivity index (χ4v) is 4.21. The molecular formula is C16H24O4. The van der Waals surface area contributed by atoms with Crippen LogP contribution < -0.4 is 0 Å². The molecule has 4 nitrogen and oxygen atoms in total. The number of carbonyl (C=O) groups is 1. The van der Waals surface area contributed by atoms with E-state index in [2.05, 4.69) is 20.8 Å². The molecule has 0 N–H and O–H groups in total. The molecule has 0 radical (unpaired) electrons. The Balaban J connectivity index is 1.47. The van der Waals surface area contributed by atoms with Crippen molar-refractivity contribution in [3.63, 3.8) is 0 Å². The summed E-state index contributed by atoms with van der Waals surface area (Å²) in [5.74, 6) is -0.139. The van der Waals surface area contributed by atoms with Crippen LogP contribution in [0.5, 0.6) is 0 Å². The van der Waals surface area contributed by atoms with Crippen molar-refractivity contribution in [2.24, 2.45) is 5.41 Å². The summed E-state index contributed by atoms with van der Waals surface area (Å²) in [6.45, 7) is 6.53. The molecule has 0 aromatic carbocycles. The normalized spacial score (nSPS) is 51.6. The zero-order valence-electron chi connectivity index (χ0n) is 12.6. The van der Waals surface area contributed by atoms with Crippen LogP contribution in [0.2, 0.25) is 0 Å². The first-order valence-electron chi connectivity index (χ1n) is 7.93. The highest BCUT2D eigenvalue weighted by atomic mass is 16.7. The van der Waals surface area contributed by atoms with Crippen LogP contribution in [-0.2, 0) is 19.0 Å². The molecule has 2 aliphatic carbocycles. The molecule has 20 heavy (non-hydrogen) atoms. The van der Waals surface area contributed by atoms with Crippen molar-refractivity contribution in [1.29, 1.82) is 0 Å². The Hall–Kier alpha value is -0.610. The molecule has 4 fully saturated rings. The molecule has 2 heterocycles. The molecule has 2 saturated carbocycles. The molecule has 4 rings (SSSR count). The summed E-state index contributed by atoms with van der Waals surface area (Å²) in [4.78, 5) is 12.5. The van der Waals surface area contributed by atoms with Crippen molar-refractivity contribution in [2.45, 2.75) is 88.8 Å². The van der Waals surface area contributed by atoms with E-state index in [1.54, 1.807) is 0 Å². The number of carbonyl (C=O) groups excluding carboxylic acids is 1. The second-order valence-electron chi connectivity index (χ2n) is 8.00. The number of rotatable bonds is 2. The van der Waals surface area contributed by atoms with Crippen LogP contribution in [0.15, 0.2) is 0 Å². The van der Waals surface area contributed by atoms with Crippen LogP contribution in [0.3, 0.4) is 0 Å². The Bertz CT molecular complexity index is 459. The van der Waals surface area contributed by atoms with Gasteiger partial charge in [-0.2, -0.15) is 0 Å². The van der Waals surface area contributed by atoms with Gasteiger partial charge in [0, 0.05) is 0 Å². The van der Waals surface area contributed by atoms with Crippen LogP contribution in [0.25, 0.3) is 0 Å². The summed E-state index contributed by atoms with van der Waals surface area (Å²) in [6, 6.07) is 0. The average Bonchev–Trinajstić information content (AvgIpc) is 3.23. The Labute approximate surface area is 120 Å². The van der Waals surface area contributed by atoms with Gasteiger partial charge in [-0.15, -0.1) is 0 Å². The smallest absolute Gasteiger partial charge is 0.341 e. The molecule has 0 bridgehead atoms. The summed E-state index contributed by atoms with van der Waals surface area (Å²) < 4.78 is 17.4. The SMILES string of the molecule is CC1(C)CC(OC(=O)C23CCCCC2O3)C2(C)OC2C1. The molecule has 0 aromatic rings. The number of epoxide rings is 2. The van der Waals surface area contributed by atoms with Crippen molar-refractivity contribution in [3.05, 3.63) is 0 Å². The second kappa shape index (κ2) is 3.77. The van der Waals surface area contributed by atoms with Gasteiger partial charge in [0.15, 0.2) is 5.60 Å². The summed E-state index contributed by atoms with van der Waals surface area (Å²) >= 11 is 0. The Morgan fingerprint density at radius 1 is 1.10 bits per heavy atom. The quantitative estimate of drug-likeness (QED) is 0.576. The molecule has 5 atom stereocenters. The Morgan fingerprint density at radius 3 is 2.65 bits per heavy atom. The molecule has 4 aliphatic rings. The maximum atomic E-state index is 12.5. The molecule has 2 aliphatic heterocycles. The minimum absolute atomic E-state index is 0.115. The molecule has 5 unspecified atom stereocenters. The topological polar surface area (TPSA) is 51.4 Å². The van der Waals surface area contributed by atoms with Gasteiger partial charge in [0.1, 0.15) is 11.7 Å². The van der Waals surface area contributed by atoms with E-state index in [4.69, 9.17) is 14.2 Å². The standard InChI is InChI=1S/C16H24O4/c1-14(2)8-11(15(3)12(9-14)19-15)18-13(17)16-7-5-4-6-10(16)20-16/h10-12H,4-9H2,1-3H3. The summed E-state index contributed by atoms with van der Waals surface area (Å²) in [6.07, 6.45) is 6.25. The number of hydrogen-bond acceptors (Lipinski definition) is 4. The molecule has 2 saturated heterocycles. The molecule has 0 amide bonds. The molecule has 0 spiro atoms. The van der Waals surface area contributed by atoms with Crippen molar-refractivity contribution < 1.29 is 19.0 Å². The third kappa shape index (κ3) is 1.77. The third-order valence-electron chi connectivity index (χ3n) is 5.77. The zero-order valence-corrected chi connectivity index (χ0v) is 12.6. The summed E-state index contributed by atoms with van der Waals surface area (Å²) in [7, 11) is 0. The number of hydrogen-bond donors (Lipinski definition) is 0. The van der Waals surface area contributed by atoms with E-state index in [-0.39, 0.29) is 35.3 Å². The van der Waals surface area contributed by atoms with Crippen LogP contribution in [0, 0.1) is 5.41 Å². The van der Waals surface area contributed by atoms with Crippen molar-refractivity contribution in [2.75, 3.05) is 0 Å². The van der Waals surface area contributed by atoms with E-state index >= 15 is 0 Å². The van der Waals surface area contributed by atoms with Crippen LogP contribution in [0.4, 0.5) is 0 Å². The minimum Gasteiger partial charge on any atom is -0.457 e. The predicted octanol–water partition coefficient (Wildman–Crippen LogP) is 2.59. The van der Waals surface area contributed by atoms with E-state index in [0.717, 1.165) is 32.1 Å². The van der Waals surface area contributed by atoms with Gasteiger partial charge >= 0.3 is 5.97 Å². The lowest BCUT2D eigenvalue weighted by molar-refractivity contribution is -0.162. The highest BCUT2D eigenvalue weighted by Gasteiger charge is 2.68. The molecule has 4 heteroatoms. The Kier molecular flexibility index (Phi) is 2.47. The van der Waals surface area contributed by atoms with Crippen LogP contribution >= 0.6 is 0 Å². The van der Waals surface area contributed by atoms with Gasteiger partial charge in [-0.25, -0.2) is 4.79 Å². The predicted molar refractivity (Wildman–Crippen MR) is 72.2 cm³/mol. The van der Waals surface area contributed by atoms with Gasteiger partial charge in [-0.05, 0) is 44.4 Å². The van der Waals surface area contributed by atoms with Gasteiger partial charge in [-0.1, -0.05) is 20.3 Å². The maximum absolute atomic E-state index is 12.5. The molecule has 112 valence electrons.